The summed E-state index contributed by atoms with van der Waals surface area (Å²) >= 11 is 0. The smallest absolute Gasteiger partial charge is 0.450 e. The molecule has 0 saturated heterocycles. The molecule has 1 aromatic carbocycles. The minimum Gasteiger partial charge on any atom is -0.450 e. The summed E-state index contributed by atoms with van der Waals surface area (Å²) in [5.74, 6) is 2.27. The molecule has 0 radical (unpaired) electrons. The first-order valence-electron chi connectivity index (χ1n) is 9.67. The van der Waals surface area contributed by atoms with E-state index in [0.29, 0.717) is 5.82 Å². The third-order valence-corrected chi connectivity index (χ3v) is 2.03. The van der Waals surface area contributed by atoms with Crippen LogP contribution in [0.4, 0.5) is 15.4 Å². The molecule has 33 heavy (non-hydrogen) atoms. The van der Waals surface area contributed by atoms with Crippen LogP contribution in [-0.2, 0) is 0 Å². The Bertz CT molecular complexity index is 728. The lowest BCUT2D eigenvalue weighted by Gasteiger charge is -1.91. The summed E-state index contributed by atoms with van der Waals surface area (Å²) in [5, 5.41) is 35.2. The normalized spacial score (nSPS) is 8.24. The number of para-hydroxylation sites is 1. The van der Waals surface area contributed by atoms with Crippen molar-refractivity contribution in [3.63, 3.8) is 0 Å². The van der Waals surface area contributed by atoms with Crippen LogP contribution >= 0.6 is 0 Å². The molecule has 0 aliphatic rings. The van der Waals surface area contributed by atoms with Gasteiger partial charge in [-0.05, 0) is 30.0 Å². The Morgan fingerprint density at radius 3 is 1.48 bits per heavy atom. The fraction of sp³-hybridized carbons (Fsp3) is 0.391. The number of carbonyl (C=O) groups is 2. The van der Waals surface area contributed by atoms with Crippen LogP contribution in [0.2, 0.25) is 0 Å². The van der Waals surface area contributed by atoms with Crippen molar-refractivity contribution in [1.29, 1.82) is 0 Å². The lowest BCUT2D eigenvalue weighted by Crippen LogP contribution is -1.81. The zero-order valence-electron chi connectivity index (χ0n) is 19.4. The lowest BCUT2D eigenvalue weighted by atomic mass is 10.2. The molecular weight excluding hydrogens is 428 g/mol. The number of aromatic amines is 1. The van der Waals surface area contributed by atoms with E-state index in [1.54, 1.807) is 12.3 Å². The Kier molecular flexibility index (Phi) is 27.1. The minimum absolute atomic E-state index is 0. The predicted octanol–water partition coefficient (Wildman–Crippen LogP) is 6.63. The number of H-pyrrole nitrogens is 1. The molecule has 0 aliphatic carbocycles. The number of hydrogen-bond donors (Lipinski definition) is 6. The summed E-state index contributed by atoms with van der Waals surface area (Å²) in [5.41, 5.74) is 6.22. The molecule has 7 N–H and O–H groups in total. The number of hydrogen-bond acceptors (Lipinski definition) is 5. The van der Waals surface area contributed by atoms with E-state index < -0.39 is 12.3 Å². The van der Waals surface area contributed by atoms with Gasteiger partial charge in [-0.1, -0.05) is 73.2 Å². The molecular formula is C23H40N4O6. The molecule has 10 heteroatoms. The Morgan fingerprint density at radius 2 is 1.18 bits per heavy atom. The van der Waals surface area contributed by atoms with Gasteiger partial charge in [0.2, 0.25) is 0 Å². The molecule has 188 valence electrons. The highest BCUT2D eigenvalue weighted by Crippen LogP contribution is 2.07. The third kappa shape index (κ3) is 43.1. The Labute approximate surface area is 196 Å². The van der Waals surface area contributed by atoms with Crippen molar-refractivity contribution >= 4 is 29.0 Å². The first kappa shape index (κ1) is 36.5. The van der Waals surface area contributed by atoms with Crippen molar-refractivity contribution in [2.75, 3.05) is 5.73 Å². The van der Waals surface area contributed by atoms with E-state index in [0.717, 1.165) is 17.4 Å². The molecule has 0 aliphatic heterocycles. The SMILES string of the molecule is C.CC(C)C.CC(C)C.Nc1ccn[nH]1.O=C(O)O.O=C(O)O.c1ccc2ncccc2c1. The van der Waals surface area contributed by atoms with Gasteiger partial charge in [0.05, 0.1) is 11.7 Å². The topological polar surface area (TPSA) is 183 Å². The van der Waals surface area contributed by atoms with Crippen molar-refractivity contribution in [3.05, 3.63) is 54.9 Å². The summed E-state index contributed by atoms with van der Waals surface area (Å²) in [7, 11) is 0. The fourth-order valence-corrected chi connectivity index (χ4v) is 1.28. The molecule has 2 aromatic heterocycles. The largest absolute Gasteiger partial charge is 0.503 e. The number of carboxylic acid groups (broad SMARTS) is 4. The maximum absolute atomic E-state index is 8.56. The second-order valence-corrected chi connectivity index (χ2v) is 7.24. The maximum atomic E-state index is 8.56. The van der Waals surface area contributed by atoms with Gasteiger partial charge in [0, 0.05) is 11.6 Å². The van der Waals surface area contributed by atoms with Crippen LogP contribution < -0.4 is 5.73 Å². The highest BCUT2D eigenvalue weighted by Gasteiger charge is 1.86. The second-order valence-electron chi connectivity index (χ2n) is 7.24. The van der Waals surface area contributed by atoms with Gasteiger partial charge in [0.25, 0.3) is 0 Å². The van der Waals surface area contributed by atoms with E-state index in [1.165, 1.54) is 5.39 Å². The van der Waals surface area contributed by atoms with E-state index in [4.69, 9.17) is 35.7 Å². The summed E-state index contributed by atoms with van der Waals surface area (Å²) < 4.78 is 0. The molecule has 3 aromatic rings. The quantitative estimate of drug-likeness (QED) is 0.211. The molecule has 2 heterocycles. The molecule has 0 fully saturated rings. The van der Waals surface area contributed by atoms with E-state index in [2.05, 4.69) is 68.9 Å². The first-order valence-corrected chi connectivity index (χ1v) is 9.67. The number of nitrogens with one attached hydrogen (secondary N) is 1. The fourth-order valence-electron chi connectivity index (χ4n) is 1.28. The van der Waals surface area contributed by atoms with Crippen molar-refractivity contribution in [3.8, 4) is 0 Å². The summed E-state index contributed by atoms with van der Waals surface area (Å²) in [4.78, 5) is 21.3. The van der Waals surface area contributed by atoms with E-state index in [9.17, 15) is 0 Å². The van der Waals surface area contributed by atoms with E-state index >= 15 is 0 Å². The summed E-state index contributed by atoms with van der Waals surface area (Å²) in [6.45, 7) is 13.0. The predicted molar refractivity (Wildman–Crippen MR) is 134 cm³/mol. The van der Waals surface area contributed by atoms with Crippen LogP contribution in [0.15, 0.2) is 54.9 Å². The highest BCUT2D eigenvalue weighted by molar-refractivity contribution is 5.77. The molecule has 0 atom stereocenters. The highest BCUT2D eigenvalue weighted by atomic mass is 16.6. The van der Waals surface area contributed by atoms with Gasteiger partial charge in [-0.3, -0.25) is 10.1 Å². The third-order valence-electron chi connectivity index (χ3n) is 2.03. The van der Waals surface area contributed by atoms with Gasteiger partial charge in [-0.2, -0.15) is 5.10 Å². The molecule has 0 bridgehead atoms. The number of benzene rings is 1. The molecule has 0 saturated carbocycles. The number of anilines is 1. The van der Waals surface area contributed by atoms with Crippen molar-refractivity contribution in [2.45, 2.75) is 49.0 Å². The van der Waals surface area contributed by atoms with Crippen LogP contribution in [-0.4, -0.2) is 47.9 Å². The van der Waals surface area contributed by atoms with Gasteiger partial charge >= 0.3 is 12.3 Å². The number of fused-ring (bicyclic) bond motifs is 1. The van der Waals surface area contributed by atoms with Gasteiger partial charge in [0.15, 0.2) is 0 Å². The van der Waals surface area contributed by atoms with E-state index in [-0.39, 0.29) is 7.43 Å². The number of nitrogens with zero attached hydrogens (tertiary/aromatic N) is 2. The Hall–Kier alpha value is -3.82. The average Bonchev–Trinajstić information content (AvgIpc) is 3.11. The molecule has 3 rings (SSSR count). The zero-order valence-corrected chi connectivity index (χ0v) is 19.4. The van der Waals surface area contributed by atoms with Gasteiger partial charge in [0.1, 0.15) is 5.82 Å². The lowest BCUT2D eigenvalue weighted by molar-refractivity contribution is 0.135. The van der Waals surface area contributed by atoms with Crippen molar-refractivity contribution in [1.82, 2.24) is 15.2 Å². The Morgan fingerprint density at radius 1 is 0.788 bits per heavy atom. The van der Waals surface area contributed by atoms with Crippen LogP contribution in [0.1, 0.15) is 49.0 Å². The molecule has 0 unspecified atom stereocenters. The van der Waals surface area contributed by atoms with Crippen LogP contribution in [0.25, 0.3) is 10.9 Å². The second kappa shape index (κ2) is 24.4. The summed E-state index contributed by atoms with van der Waals surface area (Å²) in [6, 6.07) is 13.8. The van der Waals surface area contributed by atoms with Gasteiger partial charge < -0.3 is 26.2 Å². The van der Waals surface area contributed by atoms with Crippen LogP contribution in [0.5, 0.6) is 0 Å². The number of rotatable bonds is 0. The number of nitrogens with two attached hydrogens (primary N) is 1. The molecule has 10 nitrogen and oxygen atoms in total. The van der Waals surface area contributed by atoms with Crippen LogP contribution in [0, 0.1) is 11.8 Å². The van der Waals surface area contributed by atoms with Gasteiger partial charge in [-0.15, -0.1) is 0 Å². The molecule has 0 spiro atoms. The Balaban J connectivity index is -0.000000162. The standard InChI is InChI=1S/C9H7N.2C4H10.C3H5N3.2CH2O3.CH4/c1-2-6-9-8(4-1)5-3-7-10-9;2*1-4(2)3;4-3-1-2-5-6-3;2*2-1(3)4;/h1-7H;2*4H,1-3H3;1-2H,(H3,4,5,6);2*(H2,2,3,4);1H4. The number of pyridine rings is 1. The van der Waals surface area contributed by atoms with Crippen molar-refractivity contribution in [2.24, 2.45) is 11.8 Å². The zero-order chi connectivity index (χ0) is 25.5. The van der Waals surface area contributed by atoms with Crippen molar-refractivity contribution < 1.29 is 30.0 Å². The summed E-state index contributed by atoms with van der Waals surface area (Å²) in [6.07, 6.45) is -0.252. The monoisotopic (exact) mass is 468 g/mol. The maximum Gasteiger partial charge on any atom is 0.503 e. The average molecular weight is 469 g/mol. The number of nitrogen functional groups attached to an aromatic ring is 1. The van der Waals surface area contributed by atoms with Crippen LogP contribution in [0.3, 0.4) is 0 Å². The van der Waals surface area contributed by atoms with Gasteiger partial charge in [-0.25, -0.2) is 9.59 Å². The minimum atomic E-state index is -1.83. The first-order chi connectivity index (χ1) is 14.8. The molecule has 0 amide bonds. The van der Waals surface area contributed by atoms with E-state index in [1.807, 2.05) is 30.5 Å². The number of aromatic nitrogens is 3.